The summed E-state index contributed by atoms with van der Waals surface area (Å²) in [5, 5.41) is 16.3. The van der Waals surface area contributed by atoms with Crippen LogP contribution in [0.5, 0.6) is 0 Å². The predicted octanol–water partition coefficient (Wildman–Crippen LogP) is 3.79. The van der Waals surface area contributed by atoms with E-state index in [4.69, 9.17) is 16.0 Å². The zero-order valence-electron chi connectivity index (χ0n) is 11.8. The smallest absolute Gasteiger partial charge is 0.287 e. The highest BCUT2D eigenvalue weighted by Crippen LogP contribution is 2.25. The van der Waals surface area contributed by atoms with E-state index in [0.717, 1.165) is 10.3 Å². The lowest BCUT2D eigenvalue weighted by Gasteiger charge is -2.21. The molecule has 22 heavy (non-hydrogen) atoms. The van der Waals surface area contributed by atoms with E-state index in [-0.39, 0.29) is 18.2 Å². The molecule has 1 aromatic carbocycles. The van der Waals surface area contributed by atoms with Crippen LogP contribution in [0.1, 0.15) is 22.4 Å². The first-order chi connectivity index (χ1) is 10.5. The minimum Gasteiger partial charge on any atom is -0.451 e. The number of hydrogen-bond donors (Lipinski definition) is 2. The van der Waals surface area contributed by atoms with Crippen LogP contribution in [-0.4, -0.2) is 17.6 Å². The molecule has 0 radical (unpaired) electrons. The first-order valence-corrected chi connectivity index (χ1v) is 7.95. The van der Waals surface area contributed by atoms with E-state index in [2.05, 4.69) is 5.32 Å². The second kappa shape index (κ2) is 5.76. The van der Waals surface area contributed by atoms with Crippen molar-refractivity contribution in [1.29, 1.82) is 0 Å². The second-order valence-electron chi connectivity index (χ2n) is 5.23. The Morgan fingerprint density at radius 3 is 2.95 bits per heavy atom. The van der Waals surface area contributed by atoms with Crippen LogP contribution < -0.4 is 5.32 Å². The molecule has 114 valence electrons. The number of furan rings is 1. The summed E-state index contributed by atoms with van der Waals surface area (Å²) in [7, 11) is 0. The zero-order chi connectivity index (χ0) is 15.7. The van der Waals surface area contributed by atoms with Gasteiger partial charge in [-0.15, -0.1) is 11.3 Å². The molecule has 2 aromatic heterocycles. The lowest BCUT2D eigenvalue weighted by atomic mass is 10.1. The van der Waals surface area contributed by atoms with Gasteiger partial charge in [-0.05, 0) is 42.6 Å². The van der Waals surface area contributed by atoms with Gasteiger partial charge in [0.25, 0.3) is 5.91 Å². The molecule has 6 heteroatoms. The van der Waals surface area contributed by atoms with Gasteiger partial charge in [-0.25, -0.2) is 0 Å². The maximum atomic E-state index is 12.2. The van der Waals surface area contributed by atoms with Crippen LogP contribution in [0.25, 0.3) is 11.0 Å². The van der Waals surface area contributed by atoms with Gasteiger partial charge in [0, 0.05) is 15.3 Å². The zero-order valence-corrected chi connectivity index (χ0v) is 13.4. The number of carbonyl (C=O) groups is 1. The van der Waals surface area contributed by atoms with Gasteiger partial charge < -0.3 is 14.8 Å². The number of nitrogens with one attached hydrogen (secondary N) is 1. The lowest BCUT2D eigenvalue weighted by molar-refractivity contribution is 0.0549. The standard InChI is InChI=1S/C16H14ClNO3S/c1-16(20,14-3-2-6-22-14)9-18-15(19)13-8-10-7-11(17)4-5-12(10)21-13/h2-8,20H,9H2,1H3,(H,18,19). The molecule has 0 aliphatic carbocycles. The highest BCUT2D eigenvalue weighted by atomic mass is 35.5. The molecule has 3 rings (SSSR count). The van der Waals surface area contributed by atoms with E-state index >= 15 is 0 Å². The van der Waals surface area contributed by atoms with Crippen molar-refractivity contribution in [2.24, 2.45) is 0 Å². The molecule has 4 nitrogen and oxygen atoms in total. The van der Waals surface area contributed by atoms with Crippen molar-refractivity contribution in [3.05, 3.63) is 57.4 Å². The molecular formula is C16H14ClNO3S. The van der Waals surface area contributed by atoms with E-state index in [1.54, 1.807) is 31.2 Å². The average Bonchev–Trinajstić information content (AvgIpc) is 3.13. The van der Waals surface area contributed by atoms with Crippen LogP contribution in [0.3, 0.4) is 0 Å². The Kier molecular flexibility index (Phi) is 3.95. The van der Waals surface area contributed by atoms with Crippen molar-refractivity contribution in [2.75, 3.05) is 6.54 Å². The Morgan fingerprint density at radius 2 is 2.23 bits per heavy atom. The van der Waals surface area contributed by atoms with Gasteiger partial charge in [-0.1, -0.05) is 17.7 Å². The number of halogens is 1. The number of rotatable bonds is 4. The monoisotopic (exact) mass is 335 g/mol. The number of fused-ring (bicyclic) bond motifs is 1. The van der Waals surface area contributed by atoms with Crippen LogP contribution in [-0.2, 0) is 5.60 Å². The molecule has 0 aliphatic heterocycles. The van der Waals surface area contributed by atoms with Gasteiger partial charge in [0.1, 0.15) is 11.2 Å². The molecule has 0 spiro atoms. The summed E-state index contributed by atoms with van der Waals surface area (Å²) in [6, 6.07) is 10.5. The maximum absolute atomic E-state index is 12.2. The van der Waals surface area contributed by atoms with E-state index < -0.39 is 5.60 Å². The van der Waals surface area contributed by atoms with Crippen molar-refractivity contribution in [3.8, 4) is 0 Å². The van der Waals surface area contributed by atoms with Gasteiger partial charge >= 0.3 is 0 Å². The van der Waals surface area contributed by atoms with Crippen molar-refractivity contribution in [2.45, 2.75) is 12.5 Å². The molecule has 2 heterocycles. The Morgan fingerprint density at radius 1 is 1.41 bits per heavy atom. The molecule has 0 bridgehead atoms. The van der Waals surface area contributed by atoms with E-state index in [1.807, 2.05) is 17.5 Å². The molecule has 1 amide bonds. The topological polar surface area (TPSA) is 62.5 Å². The highest BCUT2D eigenvalue weighted by molar-refractivity contribution is 7.10. The van der Waals surface area contributed by atoms with E-state index in [1.165, 1.54) is 11.3 Å². The molecule has 0 aliphatic rings. The molecule has 0 saturated heterocycles. The van der Waals surface area contributed by atoms with Gasteiger partial charge in [-0.2, -0.15) is 0 Å². The molecular weight excluding hydrogens is 322 g/mol. The highest BCUT2D eigenvalue weighted by Gasteiger charge is 2.25. The van der Waals surface area contributed by atoms with E-state index in [0.29, 0.717) is 10.6 Å². The Hall–Kier alpha value is -1.82. The summed E-state index contributed by atoms with van der Waals surface area (Å²) in [4.78, 5) is 13.0. The molecule has 3 aromatic rings. The predicted molar refractivity (Wildman–Crippen MR) is 87.4 cm³/mol. The first kappa shape index (κ1) is 15.1. The van der Waals surface area contributed by atoms with Crippen LogP contribution in [0.4, 0.5) is 0 Å². The fourth-order valence-electron chi connectivity index (χ4n) is 2.14. The Labute approximate surface area is 136 Å². The lowest BCUT2D eigenvalue weighted by Crippen LogP contribution is -2.37. The van der Waals surface area contributed by atoms with Gasteiger partial charge in [0.2, 0.25) is 0 Å². The molecule has 0 fully saturated rings. The summed E-state index contributed by atoms with van der Waals surface area (Å²) in [5.74, 6) is -0.177. The van der Waals surface area contributed by atoms with E-state index in [9.17, 15) is 9.90 Å². The fraction of sp³-hybridized carbons (Fsp3) is 0.188. The molecule has 1 atom stereocenters. The van der Waals surface area contributed by atoms with Gasteiger partial charge in [0.05, 0.1) is 6.54 Å². The van der Waals surface area contributed by atoms with Crippen LogP contribution in [0.15, 0.2) is 46.2 Å². The number of benzene rings is 1. The van der Waals surface area contributed by atoms with Crippen molar-refractivity contribution < 1.29 is 14.3 Å². The van der Waals surface area contributed by atoms with Crippen molar-refractivity contribution >= 4 is 39.8 Å². The molecule has 0 saturated carbocycles. The van der Waals surface area contributed by atoms with Crippen LogP contribution in [0, 0.1) is 0 Å². The second-order valence-corrected chi connectivity index (χ2v) is 6.61. The minimum atomic E-state index is -1.11. The largest absolute Gasteiger partial charge is 0.451 e. The summed E-state index contributed by atoms with van der Waals surface area (Å²) < 4.78 is 5.49. The normalized spacial score (nSPS) is 14.0. The molecule has 2 N–H and O–H groups in total. The van der Waals surface area contributed by atoms with Gasteiger partial charge in [0.15, 0.2) is 5.76 Å². The third kappa shape index (κ3) is 3.02. The quantitative estimate of drug-likeness (QED) is 0.762. The summed E-state index contributed by atoms with van der Waals surface area (Å²) in [5.41, 5.74) is -0.515. The third-order valence-corrected chi connectivity index (χ3v) is 4.71. The Balaban J connectivity index is 1.73. The Bertz CT molecular complexity index is 808. The van der Waals surface area contributed by atoms with Crippen LogP contribution in [0.2, 0.25) is 5.02 Å². The van der Waals surface area contributed by atoms with Gasteiger partial charge in [-0.3, -0.25) is 4.79 Å². The maximum Gasteiger partial charge on any atom is 0.287 e. The average molecular weight is 336 g/mol. The fourth-order valence-corrected chi connectivity index (χ4v) is 3.11. The number of carbonyl (C=O) groups excluding carboxylic acids is 1. The number of aliphatic hydroxyl groups is 1. The number of amides is 1. The van der Waals surface area contributed by atoms with Crippen molar-refractivity contribution in [1.82, 2.24) is 5.32 Å². The molecule has 1 unspecified atom stereocenters. The number of thiophene rings is 1. The summed E-state index contributed by atoms with van der Waals surface area (Å²) >= 11 is 7.35. The SMILES string of the molecule is CC(O)(CNC(=O)c1cc2cc(Cl)ccc2o1)c1cccs1. The summed E-state index contributed by atoms with van der Waals surface area (Å²) in [6.07, 6.45) is 0. The van der Waals surface area contributed by atoms with Crippen molar-refractivity contribution in [3.63, 3.8) is 0 Å². The first-order valence-electron chi connectivity index (χ1n) is 6.69. The van der Waals surface area contributed by atoms with Crippen LogP contribution >= 0.6 is 22.9 Å². The summed E-state index contributed by atoms with van der Waals surface area (Å²) in [6.45, 7) is 1.77. The minimum absolute atomic E-state index is 0.101. The number of hydrogen-bond acceptors (Lipinski definition) is 4. The third-order valence-electron chi connectivity index (χ3n) is 3.35.